The van der Waals surface area contributed by atoms with Gasteiger partial charge in [0.15, 0.2) is 0 Å². The summed E-state index contributed by atoms with van der Waals surface area (Å²) in [5.41, 5.74) is 4.62. The second-order valence-corrected chi connectivity index (χ2v) is 9.83. The second-order valence-electron chi connectivity index (χ2n) is 9.83. The number of anilines is 1. The lowest BCUT2D eigenvalue weighted by molar-refractivity contribution is -0.121. The van der Waals surface area contributed by atoms with Crippen molar-refractivity contribution >= 4 is 11.6 Å². The molecule has 1 heterocycles. The van der Waals surface area contributed by atoms with Gasteiger partial charge in [0.05, 0.1) is 12.1 Å². The predicted octanol–water partition coefficient (Wildman–Crippen LogP) is 5.09. The van der Waals surface area contributed by atoms with Gasteiger partial charge in [0.2, 0.25) is 5.91 Å². The van der Waals surface area contributed by atoms with E-state index in [-0.39, 0.29) is 12.5 Å². The van der Waals surface area contributed by atoms with Crippen LogP contribution in [0.1, 0.15) is 62.6 Å². The summed E-state index contributed by atoms with van der Waals surface area (Å²) in [7, 11) is 0. The summed E-state index contributed by atoms with van der Waals surface area (Å²) in [6.07, 6.45) is 8.09. The molecule has 1 amide bonds. The minimum atomic E-state index is -0.396. The number of carbonyl (C=O) groups is 1. The lowest BCUT2D eigenvalue weighted by Crippen LogP contribution is -2.43. The first-order valence-corrected chi connectivity index (χ1v) is 11.9. The normalized spacial score (nSPS) is 17.7. The largest absolute Gasteiger partial charge is 0.376 e. The molecule has 1 saturated carbocycles. The Kier molecular flexibility index (Phi) is 6.96. The molecule has 31 heavy (non-hydrogen) atoms. The number of hydrogen-bond donors (Lipinski definition) is 2. The highest BCUT2D eigenvalue weighted by Gasteiger charge is 2.24. The molecule has 0 aromatic heterocycles. The van der Waals surface area contributed by atoms with E-state index in [2.05, 4.69) is 45.9 Å². The molecule has 1 aliphatic carbocycles. The number of nitrogens with one attached hydrogen (secondary N) is 2. The van der Waals surface area contributed by atoms with Crippen LogP contribution in [0.2, 0.25) is 0 Å². The Morgan fingerprint density at radius 3 is 2.58 bits per heavy atom. The first-order valence-electron chi connectivity index (χ1n) is 11.9. The van der Waals surface area contributed by atoms with Gasteiger partial charge in [-0.2, -0.15) is 0 Å². The SMILES string of the molecule is CC(C)(NC(=O)CNc1cccc2c1CN(CC1CCCCC1)CC2)c1ccccc1. The standard InChI is InChI=1S/C27H37N3O/c1-27(2,23-13-7-4-8-14-23)29-26(31)18-28-25-15-9-12-22-16-17-30(20-24(22)25)19-21-10-5-3-6-11-21/h4,7-9,12-15,21,28H,3,5-6,10-11,16-20H2,1-2H3,(H,29,31). The zero-order chi connectivity index (χ0) is 21.7. The van der Waals surface area contributed by atoms with Crippen LogP contribution in [-0.4, -0.2) is 30.4 Å². The average molecular weight is 420 g/mol. The third kappa shape index (κ3) is 5.68. The van der Waals surface area contributed by atoms with E-state index in [9.17, 15) is 4.79 Å². The minimum Gasteiger partial charge on any atom is -0.376 e. The molecule has 0 radical (unpaired) electrons. The summed E-state index contributed by atoms with van der Waals surface area (Å²) in [6.45, 7) is 7.75. The van der Waals surface area contributed by atoms with Gasteiger partial charge in [0, 0.05) is 25.3 Å². The zero-order valence-corrected chi connectivity index (χ0v) is 19.1. The van der Waals surface area contributed by atoms with Crippen LogP contribution in [0.4, 0.5) is 5.69 Å². The van der Waals surface area contributed by atoms with Crippen molar-refractivity contribution in [2.24, 2.45) is 5.92 Å². The molecule has 4 nitrogen and oxygen atoms in total. The molecule has 0 spiro atoms. The lowest BCUT2D eigenvalue weighted by Gasteiger charge is -2.34. The van der Waals surface area contributed by atoms with Gasteiger partial charge in [-0.3, -0.25) is 9.69 Å². The van der Waals surface area contributed by atoms with Crippen molar-refractivity contribution in [1.29, 1.82) is 0 Å². The minimum absolute atomic E-state index is 0.0151. The van der Waals surface area contributed by atoms with Gasteiger partial charge in [-0.25, -0.2) is 0 Å². The molecule has 166 valence electrons. The fraction of sp³-hybridized carbons (Fsp3) is 0.519. The molecule has 4 rings (SSSR count). The van der Waals surface area contributed by atoms with Gasteiger partial charge >= 0.3 is 0 Å². The Balaban J connectivity index is 1.36. The summed E-state index contributed by atoms with van der Waals surface area (Å²) < 4.78 is 0. The maximum absolute atomic E-state index is 12.7. The van der Waals surface area contributed by atoms with E-state index in [1.165, 1.54) is 49.8 Å². The van der Waals surface area contributed by atoms with E-state index in [1.807, 2.05) is 32.0 Å². The monoisotopic (exact) mass is 419 g/mol. The average Bonchev–Trinajstić information content (AvgIpc) is 2.79. The summed E-state index contributed by atoms with van der Waals surface area (Å²) in [4.78, 5) is 15.3. The van der Waals surface area contributed by atoms with Crippen molar-refractivity contribution in [3.63, 3.8) is 0 Å². The fourth-order valence-corrected chi connectivity index (χ4v) is 5.19. The number of nitrogens with zero attached hydrogens (tertiary/aromatic N) is 1. The lowest BCUT2D eigenvalue weighted by atomic mass is 9.88. The third-order valence-corrected chi connectivity index (χ3v) is 6.98. The summed E-state index contributed by atoms with van der Waals surface area (Å²) in [5.74, 6) is 0.878. The Morgan fingerprint density at radius 2 is 1.81 bits per heavy atom. The van der Waals surface area contributed by atoms with Crippen LogP contribution in [0.3, 0.4) is 0 Å². The molecule has 0 saturated heterocycles. The molecule has 4 heteroatoms. The van der Waals surface area contributed by atoms with Gasteiger partial charge in [-0.15, -0.1) is 0 Å². The van der Waals surface area contributed by atoms with Crippen LogP contribution in [0.5, 0.6) is 0 Å². The molecule has 0 unspecified atom stereocenters. The second kappa shape index (κ2) is 9.86. The molecular formula is C27H37N3O. The topological polar surface area (TPSA) is 44.4 Å². The molecule has 2 aliphatic rings. The number of rotatable bonds is 7. The molecule has 1 aliphatic heterocycles. The number of hydrogen-bond acceptors (Lipinski definition) is 3. The van der Waals surface area contributed by atoms with Crippen molar-refractivity contribution in [2.45, 2.75) is 64.5 Å². The molecular weight excluding hydrogens is 382 g/mol. The first-order chi connectivity index (χ1) is 15.0. The van der Waals surface area contributed by atoms with Crippen LogP contribution in [0.25, 0.3) is 0 Å². The van der Waals surface area contributed by atoms with Gasteiger partial charge in [-0.05, 0) is 61.8 Å². The van der Waals surface area contributed by atoms with Crippen molar-refractivity contribution in [1.82, 2.24) is 10.2 Å². The van der Waals surface area contributed by atoms with Gasteiger partial charge in [0.1, 0.15) is 0 Å². The van der Waals surface area contributed by atoms with Crippen molar-refractivity contribution in [3.05, 3.63) is 65.2 Å². The van der Waals surface area contributed by atoms with E-state index in [4.69, 9.17) is 0 Å². The summed E-state index contributed by atoms with van der Waals surface area (Å²) in [5, 5.41) is 6.61. The quantitative estimate of drug-likeness (QED) is 0.657. The van der Waals surface area contributed by atoms with Crippen LogP contribution in [0, 0.1) is 5.92 Å². The highest BCUT2D eigenvalue weighted by atomic mass is 16.2. The maximum Gasteiger partial charge on any atom is 0.239 e. The van der Waals surface area contributed by atoms with Crippen LogP contribution < -0.4 is 10.6 Å². The molecule has 1 fully saturated rings. The van der Waals surface area contributed by atoms with E-state index >= 15 is 0 Å². The highest BCUT2D eigenvalue weighted by molar-refractivity contribution is 5.82. The van der Waals surface area contributed by atoms with E-state index in [0.717, 1.165) is 36.7 Å². The highest BCUT2D eigenvalue weighted by Crippen LogP contribution is 2.30. The number of amides is 1. The van der Waals surface area contributed by atoms with Crippen molar-refractivity contribution in [3.8, 4) is 0 Å². The predicted molar refractivity (Wildman–Crippen MR) is 128 cm³/mol. The molecule has 2 N–H and O–H groups in total. The summed E-state index contributed by atoms with van der Waals surface area (Å²) in [6, 6.07) is 16.6. The van der Waals surface area contributed by atoms with E-state index < -0.39 is 5.54 Å². The molecule has 0 bridgehead atoms. The molecule has 0 atom stereocenters. The Bertz CT molecular complexity index is 871. The van der Waals surface area contributed by atoms with E-state index in [1.54, 1.807) is 0 Å². The van der Waals surface area contributed by atoms with Crippen LogP contribution >= 0.6 is 0 Å². The first kappa shape index (κ1) is 21.9. The van der Waals surface area contributed by atoms with Crippen molar-refractivity contribution in [2.75, 3.05) is 25.0 Å². The summed E-state index contributed by atoms with van der Waals surface area (Å²) >= 11 is 0. The van der Waals surface area contributed by atoms with Gasteiger partial charge in [-0.1, -0.05) is 61.7 Å². The Morgan fingerprint density at radius 1 is 1.03 bits per heavy atom. The number of benzene rings is 2. The smallest absolute Gasteiger partial charge is 0.239 e. The molecule has 2 aromatic rings. The zero-order valence-electron chi connectivity index (χ0n) is 19.1. The third-order valence-electron chi connectivity index (χ3n) is 6.98. The van der Waals surface area contributed by atoms with Crippen LogP contribution in [0.15, 0.2) is 48.5 Å². The molecule has 2 aromatic carbocycles. The van der Waals surface area contributed by atoms with Gasteiger partial charge < -0.3 is 10.6 Å². The maximum atomic E-state index is 12.7. The van der Waals surface area contributed by atoms with E-state index in [0.29, 0.717) is 0 Å². The van der Waals surface area contributed by atoms with Crippen LogP contribution in [-0.2, 0) is 23.3 Å². The van der Waals surface area contributed by atoms with Gasteiger partial charge in [0.25, 0.3) is 0 Å². The number of carbonyl (C=O) groups excluding carboxylic acids is 1. The van der Waals surface area contributed by atoms with Crippen molar-refractivity contribution < 1.29 is 4.79 Å². The number of fused-ring (bicyclic) bond motifs is 1. The fourth-order valence-electron chi connectivity index (χ4n) is 5.19. The Labute approximate surface area is 187 Å². The Hall–Kier alpha value is -2.33.